The second kappa shape index (κ2) is 8.22. The molecule has 0 bridgehead atoms. The topological polar surface area (TPSA) is 20.3 Å². The molecule has 2 nitrogen and oxygen atoms in total. The Kier molecular flexibility index (Phi) is 6.93. The van der Waals surface area contributed by atoms with Crippen molar-refractivity contribution in [1.29, 1.82) is 0 Å². The Morgan fingerprint density at radius 2 is 2.00 bits per heavy atom. The van der Waals surface area contributed by atoms with Crippen molar-refractivity contribution in [2.45, 2.75) is 39.7 Å². The molecule has 0 saturated heterocycles. The fourth-order valence-electron chi connectivity index (χ4n) is 2.60. The van der Waals surface area contributed by atoms with Gasteiger partial charge in [-0.1, -0.05) is 87.3 Å². The summed E-state index contributed by atoms with van der Waals surface area (Å²) in [6.07, 6.45) is 5.49. The molecule has 0 unspecified atom stereocenters. The van der Waals surface area contributed by atoms with Gasteiger partial charge in [0.25, 0.3) is 5.24 Å². The number of hydrogen-bond acceptors (Lipinski definition) is 2. The Bertz CT molecular complexity index is 443. The lowest BCUT2D eigenvalue weighted by atomic mass is 9.94. The minimum Gasteiger partial charge on any atom is -0.325 e. The van der Waals surface area contributed by atoms with E-state index in [2.05, 4.69) is 62.2 Å². The van der Waals surface area contributed by atoms with Crippen LogP contribution in [0.4, 0.5) is 4.79 Å². The number of nitrogens with zero attached hydrogens (tertiary/aromatic N) is 1. The summed E-state index contributed by atoms with van der Waals surface area (Å²) in [6.45, 7) is 0.730. The van der Waals surface area contributed by atoms with Crippen LogP contribution in [-0.4, -0.2) is 30.3 Å². The zero-order valence-corrected chi connectivity index (χ0v) is 16.6. The molecule has 0 spiro atoms. The zero-order valence-electron chi connectivity index (χ0n) is 11.5. The third-order valence-electron chi connectivity index (χ3n) is 3.68. The van der Waals surface area contributed by atoms with Crippen LogP contribution in [-0.2, 0) is 6.54 Å². The lowest BCUT2D eigenvalue weighted by Crippen LogP contribution is -2.46. The van der Waals surface area contributed by atoms with Gasteiger partial charge in [0.2, 0.25) is 0 Å². The van der Waals surface area contributed by atoms with E-state index in [0.29, 0.717) is 13.9 Å². The van der Waals surface area contributed by atoms with E-state index in [4.69, 9.17) is 0 Å². The Morgan fingerprint density at radius 3 is 2.65 bits per heavy atom. The number of amides is 1. The minimum atomic E-state index is 0.200. The normalized spacial score (nSPS) is 26.2. The summed E-state index contributed by atoms with van der Waals surface area (Å²) in [6, 6.07) is 10.7. The molecule has 1 aromatic carbocycles. The van der Waals surface area contributed by atoms with Gasteiger partial charge in [0, 0.05) is 20.4 Å². The molecule has 1 aromatic rings. The van der Waals surface area contributed by atoms with Gasteiger partial charge in [-0.15, -0.1) is 0 Å². The Labute approximate surface area is 152 Å². The van der Waals surface area contributed by atoms with E-state index in [1.807, 2.05) is 24.5 Å². The van der Waals surface area contributed by atoms with Gasteiger partial charge < -0.3 is 4.90 Å². The van der Waals surface area contributed by atoms with Crippen molar-refractivity contribution < 1.29 is 4.79 Å². The van der Waals surface area contributed by atoms with Gasteiger partial charge in [-0.25, -0.2) is 0 Å². The van der Waals surface area contributed by atoms with Crippen molar-refractivity contribution in [3.63, 3.8) is 0 Å². The maximum absolute atomic E-state index is 12.4. The van der Waals surface area contributed by atoms with Gasteiger partial charge in [0.1, 0.15) is 0 Å². The number of rotatable bonds is 3. The molecule has 1 fully saturated rings. The average molecular weight is 515 g/mol. The average Bonchev–Trinajstić information content (AvgIpc) is 2.48. The lowest BCUT2D eigenvalue weighted by Gasteiger charge is -2.39. The fourth-order valence-corrected chi connectivity index (χ4v) is 4.95. The van der Waals surface area contributed by atoms with Crippen molar-refractivity contribution in [3.05, 3.63) is 35.9 Å². The number of halogens is 2. The number of carbonyl (C=O) groups excluding carboxylic acids is 1. The van der Waals surface area contributed by atoms with E-state index in [1.54, 1.807) is 0 Å². The van der Waals surface area contributed by atoms with Gasteiger partial charge in [-0.3, -0.25) is 4.79 Å². The van der Waals surface area contributed by atoms with Crippen LogP contribution in [0.3, 0.4) is 0 Å². The van der Waals surface area contributed by atoms with Crippen LogP contribution in [0.25, 0.3) is 0 Å². The quantitative estimate of drug-likeness (QED) is 0.411. The second-order valence-corrected chi connectivity index (χ2v) is 9.20. The predicted molar refractivity (Wildman–Crippen MR) is 104 cm³/mol. The highest BCUT2D eigenvalue weighted by atomic mass is 127. The monoisotopic (exact) mass is 515 g/mol. The van der Waals surface area contributed by atoms with E-state index in [1.165, 1.54) is 30.2 Å². The summed E-state index contributed by atoms with van der Waals surface area (Å²) in [7, 11) is 0. The van der Waals surface area contributed by atoms with E-state index in [9.17, 15) is 4.79 Å². The molecule has 0 aromatic heterocycles. The Balaban J connectivity index is 2.16. The zero-order chi connectivity index (χ0) is 14.5. The molecule has 0 aliphatic heterocycles. The largest absolute Gasteiger partial charge is 0.325 e. The standard InChI is InChI=1S/C15H19I2NOS/c1-20-15(19)18(10-11-5-3-2-4-6-11)14-9-12(16)7-8-13(14)17/h2-6,12-14H,7-10H2,1H3/t12-,13+,14+/m0/s1. The van der Waals surface area contributed by atoms with Crippen LogP contribution in [0.15, 0.2) is 30.3 Å². The second-order valence-electron chi connectivity index (χ2n) is 5.08. The van der Waals surface area contributed by atoms with E-state index >= 15 is 0 Å². The molecule has 0 radical (unpaired) electrons. The van der Waals surface area contributed by atoms with Gasteiger partial charge in [0.15, 0.2) is 0 Å². The number of hydrogen-bond donors (Lipinski definition) is 0. The molecule has 5 heteroatoms. The Hall–Kier alpha value is 0.500. The molecular weight excluding hydrogens is 496 g/mol. The minimum absolute atomic E-state index is 0.200. The van der Waals surface area contributed by atoms with Crippen molar-refractivity contribution in [1.82, 2.24) is 4.90 Å². The molecule has 1 aliphatic rings. The summed E-state index contributed by atoms with van der Waals surface area (Å²) < 4.78 is 1.26. The third kappa shape index (κ3) is 4.50. The van der Waals surface area contributed by atoms with Crippen molar-refractivity contribution in [2.75, 3.05) is 6.26 Å². The van der Waals surface area contributed by atoms with E-state index < -0.39 is 0 Å². The van der Waals surface area contributed by atoms with E-state index in [0.717, 1.165) is 13.0 Å². The van der Waals surface area contributed by atoms with E-state index in [-0.39, 0.29) is 5.24 Å². The summed E-state index contributed by atoms with van der Waals surface area (Å²) in [5.41, 5.74) is 1.22. The number of alkyl halides is 2. The molecule has 1 saturated carbocycles. The molecule has 0 heterocycles. The molecule has 0 N–H and O–H groups in total. The lowest BCUT2D eigenvalue weighted by molar-refractivity contribution is 0.181. The maximum atomic E-state index is 12.4. The number of thioether (sulfide) groups is 1. The highest BCUT2D eigenvalue weighted by Crippen LogP contribution is 2.34. The summed E-state index contributed by atoms with van der Waals surface area (Å²) in [5.74, 6) is 0. The first-order chi connectivity index (χ1) is 9.61. The van der Waals surface area contributed by atoms with Crippen LogP contribution in [0.2, 0.25) is 0 Å². The molecule has 3 atom stereocenters. The third-order valence-corrected chi connectivity index (χ3v) is 6.84. The highest BCUT2D eigenvalue weighted by molar-refractivity contribution is 14.1. The van der Waals surface area contributed by atoms with Gasteiger partial charge in [0.05, 0.1) is 0 Å². The van der Waals surface area contributed by atoms with Crippen molar-refractivity contribution in [3.8, 4) is 0 Å². The first-order valence-electron chi connectivity index (χ1n) is 6.78. The molecule has 1 amide bonds. The summed E-state index contributed by atoms with van der Waals surface area (Å²) >= 11 is 6.39. The predicted octanol–water partition coefficient (Wildman–Crippen LogP) is 5.13. The number of benzene rings is 1. The SMILES string of the molecule is CSC(=O)N(Cc1ccccc1)[C@@H]1C[C@@H](I)CC[C@H]1I. The van der Waals surface area contributed by atoms with Gasteiger partial charge in [-0.05, 0) is 31.1 Å². The molecule has 1 aliphatic carbocycles. The molecular formula is C15H19I2NOS. The summed E-state index contributed by atoms with van der Waals surface area (Å²) in [4.78, 5) is 14.4. The fraction of sp³-hybridized carbons (Fsp3) is 0.533. The first kappa shape index (κ1) is 16.9. The molecule has 20 heavy (non-hydrogen) atoms. The Morgan fingerprint density at radius 1 is 1.30 bits per heavy atom. The van der Waals surface area contributed by atoms with Crippen molar-refractivity contribution >= 4 is 62.2 Å². The van der Waals surface area contributed by atoms with Crippen LogP contribution in [0, 0.1) is 0 Å². The smallest absolute Gasteiger partial charge is 0.281 e. The molecule has 2 rings (SSSR count). The van der Waals surface area contributed by atoms with Crippen LogP contribution in [0.1, 0.15) is 24.8 Å². The number of carbonyl (C=O) groups is 1. The van der Waals surface area contributed by atoms with Crippen LogP contribution in [0.5, 0.6) is 0 Å². The highest BCUT2D eigenvalue weighted by Gasteiger charge is 2.34. The van der Waals surface area contributed by atoms with Crippen molar-refractivity contribution in [2.24, 2.45) is 0 Å². The van der Waals surface area contributed by atoms with Crippen LogP contribution >= 0.6 is 56.9 Å². The molecule has 110 valence electrons. The summed E-state index contributed by atoms with van der Waals surface area (Å²) in [5, 5.41) is 0.200. The first-order valence-corrected chi connectivity index (χ1v) is 10.5. The van der Waals surface area contributed by atoms with Gasteiger partial charge in [-0.2, -0.15) is 0 Å². The van der Waals surface area contributed by atoms with Gasteiger partial charge >= 0.3 is 0 Å². The van der Waals surface area contributed by atoms with Crippen LogP contribution < -0.4 is 0 Å². The maximum Gasteiger partial charge on any atom is 0.281 e.